The molecule has 0 spiro atoms. The van der Waals surface area contributed by atoms with Gasteiger partial charge in [0.1, 0.15) is 11.4 Å². The van der Waals surface area contributed by atoms with E-state index in [9.17, 15) is 14.4 Å². The lowest BCUT2D eigenvalue weighted by atomic mass is 10.2. The van der Waals surface area contributed by atoms with Gasteiger partial charge in [-0.3, -0.25) is 14.2 Å². The van der Waals surface area contributed by atoms with E-state index >= 15 is 0 Å². The number of halogens is 1. The second-order valence-electron chi connectivity index (χ2n) is 7.83. The molecule has 0 saturated heterocycles. The maximum atomic E-state index is 13.4. The number of amides is 1. The lowest BCUT2D eigenvalue weighted by Gasteiger charge is -2.21. The van der Waals surface area contributed by atoms with E-state index in [0.717, 1.165) is 28.2 Å². The predicted octanol–water partition coefficient (Wildman–Crippen LogP) is 4.66. The lowest BCUT2D eigenvalue weighted by molar-refractivity contribution is -0.116. The number of rotatable bonds is 7. The summed E-state index contributed by atoms with van der Waals surface area (Å²) in [5, 5.41) is 3.65. The molecule has 176 valence electrons. The van der Waals surface area contributed by atoms with Gasteiger partial charge < -0.3 is 10.2 Å². The average Bonchev–Trinajstić information content (AvgIpc) is 3.20. The van der Waals surface area contributed by atoms with Crippen molar-refractivity contribution in [3.05, 3.63) is 85.3 Å². The first kappa shape index (κ1) is 23.8. The maximum Gasteiger partial charge on any atom is 0.337 e. The molecule has 0 fully saturated rings. The lowest BCUT2D eigenvalue weighted by Crippen LogP contribution is -2.40. The highest BCUT2D eigenvalue weighted by atomic mass is 35.5. The summed E-state index contributed by atoms with van der Waals surface area (Å²) < 4.78 is 2.40. The van der Waals surface area contributed by atoms with Crippen LogP contribution in [0.5, 0.6) is 0 Å². The van der Waals surface area contributed by atoms with Gasteiger partial charge in [0.25, 0.3) is 5.56 Å². The molecule has 1 amide bonds. The molecule has 4 rings (SSSR count). The van der Waals surface area contributed by atoms with Crippen molar-refractivity contribution in [1.82, 2.24) is 9.13 Å². The van der Waals surface area contributed by atoms with Crippen molar-refractivity contribution in [2.75, 3.05) is 23.3 Å². The van der Waals surface area contributed by atoms with Crippen LogP contribution in [0.2, 0.25) is 5.02 Å². The molecule has 4 aromatic rings. The standard InChI is InChI=1S/C25H25ClN4O3S/c1-4-28(5-2)19-11-9-18(10-12-19)27-22(31)15-29-24-21(13-16(3)34-24)23(32)30(25(29)33)20-8-6-7-17(26)14-20/h6-14H,4-5,15H2,1-3H3,(H,27,31). The van der Waals surface area contributed by atoms with E-state index in [1.165, 1.54) is 15.9 Å². The number of nitrogens with zero attached hydrogens (tertiary/aromatic N) is 3. The van der Waals surface area contributed by atoms with Gasteiger partial charge in [0.05, 0.1) is 11.1 Å². The molecule has 1 N–H and O–H groups in total. The van der Waals surface area contributed by atoms with E-state index in [2.05, 4.69) is 24.1 Å². The largest absolute Gasteiger partial charge is 0.372 e. The number of hydrogen-bond acceptors (Lipinski definition) is 5. The molecule has 7 nitrogen and oxygen atoms in total. The van der Waals surface area contributed by atoms with Crippen molar-refractivity contribution in [2.24, 2.45) is 0 Å². The van der Waals surface area contributed by atoms with Crippen molar-refractivity contribution in [1.29, 1.82) is 0 Å². The third kappa shape index (κ3) is 4.64. The summed E-state index contributed by atoms with van der Waals surface area (Å²) in [5.74, 6) is -0.360. The molecular formula is C25H25ClN4O3S. The summed E-state index contributed by atoms with van der Waals surface area (Å²) in [6, 6.07) is 15.9. The number of anilines is 2. The van der Waals surface area contributed by atoms with Crippen LogP contribution in [-0.2, 0) is 11.3 Å². The average molecular weight is 497 g/mol. The highest BCUT2D eigenvalue weighted by Crippen LogP contribution is 2.23. The zero-order valence-electron chi connectivity index (χ0n) is 19.2. The smallest absolute Gasteiger partial charge is 0.337 e. The summed E-state index contributed by atoms with van der Waals surface area (Å²) >= 11 is 7.41. The Labute approximate surface area is 205 Å². The van der Waals surface area contributed by atoms with Crippen LogP contribution in [0, 0.1) is 6.92 Å². The van der Waals surface area contributed by atoms with Gasteiger partial charge in [-0.15, -0.1) is 11.3 Å². The number of thiophene rings is 1. The Morgan fingerprint density at radius 1 is 1.06 bits per heavy atom. The number of nitrogens with one attached hydrogen (secondary N) is 1. The Bertz CT molecular complexity index is 1470. The van der Waals surface area contributed by atoms with Crippen molar-refractivity contribution < 1.29 is 4.79 Å². The van der Waals surface area contributed by atoms with Gasteiger partial charge in [-0.25, -0.2) is 9.36 Å². The van der Waals surface area contributed by atoms with Crippen LogP contribution in [0.1, 0.15) is 18.7 Å². The quantitative estimate of drug-likeness (QED) is 0.403. The van der Waals surface area contributed by atoms with E-state index in [4.69, 9.17) is 11.6 Å². The molecule has 34 heavy (non-hydrogen) atoms. The molecule has 0 unspecified atom stereocenters. The second kappa shape index (κ2) is 9.87. The minimum atomic E-state index is -0.589. The molecule has 2 heterocycles. The molecule has 0 saturated carbocycles. The van der Waals surface area contributed by atoms with E-state index in [0.29, 0.717) is 26.6 Å². The fourth-order valence-electron chi connectivity index (χ4n) is 3.94. The van der Waals surface area contributed by atoms with Crippen molar-refractivity contribution in [3.63, 3.8) is 0 Å². The van der Waals surface area contributed by atoms with Gasteiger partial charge in [-0.05, 0) is 69.3 Å². The molecule has 2 aromatic heterocycles. The first-order chi connectivity index (χ1) is 16.3. The van der Waals surface area contributed by atoms with Crippen molar-refractivity contribution in [2.45, 2.75) is 27.3 Å². The zero-order chi connectivity index (χ0) is 24.4. The second-order valence-corrected chi connectivity index (χ2v) is 9.50. The Morgan fingerprint density at radius 3 is 2.41 bits per heavy atom. The Kier molecular flexibility index (Phi) is 6.90. The summed E-state index contributed by atoms with van der Waals surface area (Å²) in [6.07, 6.45) is 0. The Hall–Kier alpha value is -3.36. The fraction of sp³-hybridized carbons (Fsp3) is 0.240. The minimum absolute atomic E-state index is 0.228. The van der Waals surface area contributed by atoms with E-state index < -0.39 is 11.2 Å². The third-order valence-electron chi connectivity index (χ3n) is 5.58. The summed E-state index contributed by atoms with van der Waals surface area (Å²) in [5.41, 5.74) is 1.04. The minimum Gasteiger partial charge on any atom is -0.372 e. The van der Waals surface area contributed by atoms with E-state index in [1.807, 2.05) is 31.2 Å². The highest BCUT2D eigenvalue weighted by molar-refractivity contribution is 7.18. The molecule has 9 heteroatoms. The van der Waals surface area contributed by atoms with Crippen molar-refractivity contribution in [3.8, 4) is 5.69 Å². The third-order valence-corrected chi connectivity index (χ3v) is 6.89. The van der Waals surface area contributed by atoms with Crippen molar-refractivity contribution >= 4 is 50.4 Å². The SMILES string of the molecule is CCN(CC)c1ccc(NC(=O)Cn2c(=O)n(-c3cccc(Cl)c3)c(=O)c3cc(C)sc32)cc1. The fourth-order valence-corrected chi connectivity index (χ4v) is 5.12. The molecule has 0 aliphatic carbocycles. The number of hydrogen-bond donors (Lipinski definition) is 1. The number of aryl methyl sites for hydroxylation is 1. The first-order valence-corrected chi connectivity index (χ1v) is 12.2. The number of carbonyl (C=O) groups is 1. The molecule has 2 aromatic carbocycles. The summed E-state index contributed by atoms with van der Waals surface area (Å²) in [7, 11) is 0. The van der Waals surface area contributed by atoms with E-state index in [1.54, 1.807) is 30.3 Å². The molecule has 0 aliphatic heterocycles. The maximum absolute atomic E-state index is 13.4. The number of aromatic nitrogens is 2. The van der Waals surface area contributed by atoms with Crippen LogP contribution < -0.4 is 21.5 Å². The van der Waals surface area contributed by atoms with Crippen LogP contribution >= 0.6 is 22.9 Å². The van der Waals surface area contributed by atoms with Crippen LogP contribution in [0.15, 0.2) is 64.2 Å². The summed E-state index contributed by atoms with van der Waals surface area (Å²) in [4.78, 5) is 43.0. The van der Waals surface area contributed by atoms with Gasteiger partial charge in [-0.2, -0.15) is 0 Å². The van der Waals surface area contributed by atoms with Gasteiger partial charge in [0.2, 0.25) is 5.91 Å². The van der Waals surface area contributed by atoms with Gasteiger partial charge in [0.15, 0.2) is 0 Å². The van der Waals surface area contributed by atoms with Gasteiger partial charge >= 0.3 is 5.69 Å². The number of fused-ring (bicyclic) bond motifs is 1. The molecule has 0 radical (unpaired) electrons. The number of benzene rings is 2. The van der Waals surface area contributed by atoms with Crippen LogP contribution in [0.25, 0.3) is 15.9 Å². The van der Waals surface area contributed by atoms with Gasteiger partial charge in [-0.1, -0.05) is 17.7 Å². The van der Waals surface area contributed by atoms with Gasteiger partial charge in [0, 0.05) is 34.4 Å². The Balaban J connectivity index is 1.70. The number of carbonyl (C=O) groups excluding carboxylic acids is 1. The molecule has 0 atom stereocenters. The predicted molar refractivity (Wildman–Crippen MR) is 140 cm³/mol. The van der Waals surface area contributed by atoms with E-state index in [-0.39, 0.29) is 12.5 Å². The summed E-state index contributed by atoms with van der Waals surface area (Å²) in [6.45, 7) is 7.60. The monoisotopic (exact) mass is 496 g/mol. The van der Waals surface area contributed by atoms with Crippen LogP contribution in [0.4, 0.5) is 11.4 Å². The van der Waals surface area contributed by atoms with Crippen LogP contribution in [0.3, 0.4) is 0 Å². The first-order valence-electron chi connectivity index (χ1n) is 11.0. The molecule has 0 aliphatic rings. The zero-order valence-corrected chi connectivity index (χ0v) is 20.7. The molecular weight excluding hydrogens is 472 g/mol. The van der Waals surface area contributed by atoms with Crippen LogP contribution in [-0.4, -0.2) is 28.1 Å². The highest BCUT2D eigenvalue weighted by Gasteiger charge is 2.19. The molecule has 0 bridgehead atoms. The normalized spacial score (nSPS) is 11.1. The Morgan fingerprint density at radius 2 is 1.76 bits per heavy atom. The topological polar surface area (TPSA) is 76.3 Å².